The lowest BCUT2D eigenvalue weighted by Crippen LogP contribution is -2.00. The minimum absolute atomic E-state index is 0.268. The van der Waals surface area contributed by atoms with Gasteiger partial charge >= 0.3 is 0 Å². The van der Waals surface area contributed by atoms with Gasteiger partial charge in [0.25, 0.3) is 10.1 Å². The molecule has 3 nitrogen and oxygen atoms in total. The van der Waals surface area contributed by atoms with Crippen molar-refractivity contribution in [3.63, 3.8) is 0 Å². The summed E-state index contributed by atoms with van der Waals surface area (Å²) in [5, 5.41) is 0. The molecule has 0 spiro atoms. The van der Waals surface area contributed by atoms with E-state index in [0.29, 0.717) is 0 Å². The number of allylic oxidation sites excluding steroid dienone is 2. The second-order valence-corrected chi connectivity index (χ2v) is 4.18. The van der Waals surface area contributed by atoms with Crippen LogP contribution in [0.3, 0.4) is 0 Å². The molecular weight excluding hydrogens is 176 g/mol. The maximum atomic E-state index is 10.3. The van der Waals surface area contributed by atoms with E-state index in [1.54, 1.807) is 12.2 Å². The molecule has 0 saturated heterocycles. The summed E-state index contributed by atoms with van der Waals surface area (Å²) in [7, 11) is -3.85. The van der Waals surface area contributed by atoms with Gasteiger partial charge in [-0.15, -0.1) is 6.58 Å². The molecule has 1 N–H and O–H groups in total. The van der Waals surface area contributed by atoms with Crippen LogP contribution in [0.5, 0.6) is 0 Å². The predicted molar refractivity (Wildman–Crippen MR) is 49.5 cm³/mol. The van der Waals surface area contributed by atoms with Crippen LogP contribution in [0.4, 0.5) is 0 Å². The molecule has 0 aliphatic rings. The van der Waals surface area contributed by atoms with Gasteiger partial charge < -0.3 is 0 Å². The van der Waals surface area contributed by atoms with Crippen molar-refractivity contribution in [3.8, 4) is 0 Å². The molecule has 0 unspecified atom stereocenters. The monoisotopic (exact) mass is 190 g/mol. The van der Waals surface area contributed by atoms with Crippen LogP contribution >= 0.6 is 0 Å². The van der Waals surface area contributed by atoms with E-state index in [0.717, 1.165) is 6.42 Å². The van der Waals surface area contributed by atoms with Gasteiger partial charge in [0.05, 0.1) is 5.75 Å². The van der Waals surface area contributed by atoms with Gasteiger partial charge in [-0.3, -0.25) is 4.55 Å². The summed E-state index contributed by atoms with van der Waals surface area (Å²) < 4.78 is 28.9. The lowest BCUT2D eigenvalue weighted by molar-refractivity contribution is 0.486. The molecule has 12 heavy (non-hydrogen) atoms. The molecule has 0 amide bonds. The maximum absolute atomic E-state index is 10.3. The van der Waals surface area contributed by atoms with Gasteiger partial charge in [-0.1, -0.05) is 25.2 Å². The van der Waals surface area contributed by atoms with Gasteiger partial charge in [-0.25, -0.2) is 0 Å². The summed E-state index contributed by atoms with van der Waals surface area (Å²) in [6.07, 6.45) is 5.77. The Hall–Kier alpha value is -0.610. The van der Waals surface area contributed by atoms with Crippen LogP contribution in [-0.2, 0) is 10.1 Å². The van der Waals surface area contributed by atoms with Crippen molar-refractivity contribution in [1.29, 1.82) is 0 Å². The topological polar surface area (TPSA) is 54.4 Å². The molecular formula is C8H14O3S. The van der Waals surface area contributed by atoms with E-state index in [1.165, 1.54) is 6.08 Å². The highest BCUT2D eigenvalue weighted by molar-refractivity contribution is 7.85. The van der Waals surface area contributed by atoms with Crippen LogP contribution in [0, 0.1) is 5.92 Å². The van der Waals surface area contributed by atoms with Crippen molar-refractivity contribution in [1.82, 2.24) is 0 Å². The Morgan fingerprint density at radius 1 is 1.58 bits per heavy atom. The lowest BCUT2D eigenvalue weighted by atomic mass is 10.1. The second-order valence-electron chi connectivity index (χ2n) is 2.68. The highest BCUT2D eigenvalue weighted by Gasteiger charge is 1.99. The molecule has 70 valence electrons. The Balaban J connectivity index is 3.84. The van der Waals surface area contributed by atoms with Crippen LogP contribution in [0.2, 0.25) is 0 Å². The van der Waals surface area contributed by atoms with Crippen molar-refractivity contribution in [2.24, 2.45) is 5.92 Å². The first-order chi connectivity index (χ1) is 5.45. The fourth-order valence-corrected chi connectivity index (χ4v) is 1.11. The summed E-state index contributed by atoms with van der Waals surface area (Å²) >= 11 is 0. The Labute approximate surface area is 73.5 Å². The Morgan fingerprint density at radius 2 is 2.17 bits per heavy atom. The molecule has 0 aromatic carbocycles. The third kappa shape index (κ3) is 7.50. The first kappa shape index (κ1) is 11.4. The highest BCUT2D eigenvalue weighted by atomic mass is 32.2. The van der Waals surface area contributed by atoms with Crippen LogP contribution in [0.15, 0.2) is 24.8 Å². The summed E-state index contributed by atoms with van der Waals surface area (Å²) in [6, 6.07) is 0. The first-order valence-electron chi connectivity index (χ1n) is 3.68. The van der Waals surface area contributed by atoms with Crippen molar-refractivity contribution in [3.05, 3.63) is 24.8 Å². The summed E-state index contributed by atoms with van der Waals surface area (Å²) in [5.74, 6) is -0.0432. The fraction of sp³-hybridized carbons (Fsp3) is 0.500. The number of hydrogen-bond donors (Lipinski definition) is 1. The predicted octanol–water partition coefficient (Wildman–Crippen LogP) is 1.64. The molecule has 0 heterocycles. The zero-order chi connectivity index (χ0) is 9.61. The average Bonchev–Trinajstić information content (AvgIpc) is 1.84. The van der Waals surface area contributed by atoms with Crippen LogP contribution in [-0.4, -0.2) is 18.7 Å². The third-order valence-electron chi connectivity index (χ3n) is 1.31. The van der Waals surface area contributed by atoms with Crippen LogP contribution < -0.4 is 0 Å². The quantitative estimate of drug-likeness (QED) is 0.529. The average molecular weight is 190 g/mol. The van der Waals surface area contributed by atoms with E-state index in [-0.39, 0.29) is 11.7 Å². The molecule has 0 aromatic heterocycles. The molecule has 0 aliphatic heterocycles. The Morgan fingerprint density at radius 3 is 2.58 bits per heavy atom. The maximum Gasteiger partial charge on any atom is 0.268 e. The molecule has 1 atom stereocenters. The summed E-state index contributed by atoms with van der Waals surface area (Å²) in [5.41, 5.74) is 0. The summed E-state index contributed by atoms with van der Waals surface area (Å²) in [4.78, 5) is 0. The van der Waals surface area contributed by atoms with Gasteiger partial charge in [0, 0.05) is 0 Å². The highest BCUT2D eigenvalue weighted by Crippen LogP contribution is 2.03. The minimum Gasteiger partial charge on any atom is -0.285 e. The van der Waals surface area contributed by atoms with E-state index in [4.69, 9.17) is 4.55 Å². The Bertz CT molecular complexity index is 251. The van der Waals surface area contributed by atoms with Crippen LogP contribution in [0.25, 0.3) is 0 Å². The van der Waals surface area contributed by atoms with E-state index in [1.807, 2.05) is 6.92 Å². The normalized spacial score (nSPS) is 14.8. The SMILES string of the molecule is C=CC[C@H](C)/C=C\CS(=O)(=O)O. The third-order valence-corrected chi connectivity index (χ3v) is 1.92. The van der Waals surface area contributed by atoms with Crippen molar-refractivity contribution in [2.75, 3.05) is 5.75 Å². The molecule has 0 aliphatic carbocycles. The molecule has 0 bridgehead atoms. The van der Waals surface area contributed by atoms with E-state index in [2.05, 4.69) is 6.58 Å². The number of hydrogen-bond acceptors (Lipinski definition) is 2. The Kier molecular flexibility index (Phi) is 4.85. The zero-order valence-electron chi connectivity index (χ0n) is 7.10. The van der Waals surface area contributed by atoms with E-state index < -0.39 is 10.1 Å². The van der Waals surface area contributed by atoms with E-state index in [9.17, 15) is 8.42 Å². The van der Waals surface area contributed by atoms with Crippen molar-refractivity contribution in [2.45, 2.75) is 13.3 Å². The second kappa shape index (κ2) is 5.11. The minimum atomic E-state index is -3.85. The fourth-order valence-electron chi connectivity index (χ4n) is 0.751. The van der Waals surface area contributed by atoms with E-state index >= 15 is 0 Å². The zero-order valence-corrected chi connectivity index (χ0v) is 7.92. The molecule has 0 radical (unpaired) electrons. The molecule has 0 saturated carbocycles. The largest absolute Gasteiger partial charge is 0.285 e. The molecule has 0 rings (SSSR count). The van der Waals surface area contributed by atoms with Gasteiger partial charge in [-0.2, -0.15) is 8.42 Å². The van der Waals surface area contributed by atoms with Crippen LogP contribution in [0.1, 0.15) is 13.3 Å². The first-order valence-corrected chi connectivity index (χ1v) is 5.29. The number of rotatable bonds is 5. The molecule has 0 aromatic rings. The standard InChI is InChI=1S/C8H14O3S/c1-3-5-8(2)6-4-7-12(9,10)11/h3-4,6,8H,1,5,7H2,2H3,(H,9,10,11)/b6-4-/t8-/m0/s1. The van der Waals surface area contributed by atoms with Crippen molar-refractivity contribution >= 4 is 10.1 Å². The van der Waals surface area contributed by atoms with Crippen molar-refractivity contribution < 1.29 is 13.0 Å². The molecule has 4 heteroatoms. The smallest absolute Gasteiger partial charge is 0.268 e. The molecule has 0 fully saturated rings. The van der Waals surface area contributed by atoms with Gasteiger partial charge in [0.1, 0.15) is 0 Å². The lowest BCUT2D eigenvalue weighted by Gasteiger charge is -1.98. The summed E-state index contributed by atoms with van der Waals surface area (Å²) in [6.45, 7) is 5.50. The van der Waals surface area contributed by atoms with Gasteiger partial charge in [-0.05, 0) is 12.3 Å². The van der Waals surface area contributed by atoms with Gasteiger partial charge in [0.15, 0.2) is 0 Å². The van der Waals surface area contributed by atoms with Gasteiger partial charge in [0.2, 0.25) is 0 Å².